The predicted molar refractivity (Wildman–Crippen MR) is 64.4 cm³/mol. The molecule has 1 saturated carbocycles. The number of amides is 3. The van der Waals surface area contributed by atoms with Crippen LogP contribution in [0.3, 0.4) is 0 Å². The second-order valence-corrected chi connectivity index (χ2v) is 6.05. The van der Waals surface area contributed by atoms with Crippen molar-refractivity contribution in [3.63, 3.8) is 0 Å². The van der Waals surface area contributed by atoms with E-state index < -0.39 is 0 Å². The SMILES string of the molecule is CC(SC1CCCC1)C(=O)N1CCNC1=O. The molecule has 1 aliphatic carbocycles. The van der Waals surface area contributed by atoms with Crippen molar-refractivity contribution >= 4 is 23.7 Å². The lowest BCUT2D eigenvalue weighted by molar-refractivity contribution is -0.126. The van der Waals surface area contributed by atoms with Crippen molar-refractivity contribution in [3.8, 4) is 0 Å². The molecule has 0 radical (unpaired) electrons. The van der Waals surface area contributed by atoms with Gasteiger partial charge in [0.05, 0.1) is 5.25 Å². The number of rotatable bonds is 3. The molecular formula is C11H18N2O2S. The Hall–Kier alpha value is -0.710. The van der Waals surface area contributed by atoms with E-state index in [1.54, 1.807) is 11.8 Å². The molecule has 1 saturated heterocycles. The minimum atomic E-state index is -0.233. The van der Waals surface area contributed by atoms with Crippen molar-refractivity contribution < 1.29 is 9.59 Å². The first-order valence-electron chi connectivity index (χ1n) is 5.93. The van der Waals surface area contributed by atoms with Gasteiger partial charge in [-0.3, -0.25) is 9.69 Å². The third-order valence-corrected chi connectivity index (χ3v) is 4.64. The maximum atomic E-state index is 12.0. The van der Waals surface area contributed by atoms with E-state index in [9.17, 15) is 9.59 Å². The lowest BCUT2D eigenvalue weighted by Gasteiger charge is -2.19. The quantitative estimate of drug-likeness (QED) is 0.818. The van der Waals surface area contributed by atoms with Gasteiger partial charge in [-0.1, -0.05) is 12.8 Å². The Labute approximate surface area is 100 Å². The second kappa shape index (κ2) is 5.08. The van der Waals surface area contributed by atoms with E-state index in [1.807, 2.05) is 6.92 Å². The first-order chi connectivity index (χ1) is 7.68. The summed E-state index contributed by atoms with van der Waals surface area (Å²) < 4.78 is 0. The topological polar surface area (TPSA) is 49.4 Å². The molecule has 0 bridgehead atoms. The van der Waals surface area contributed by atoms with E-state index >= 15 is 0 Å². The molecule has 0 aromatic rings. The molecule has 2 rings (SSSR count). The number of hydrogen-bond acceptors (Lipinski definition) is 3. The number of carbonyl (C=O) groups excluding carboxylic acids is 2. The highest BCUT2D eigenvalue weighted by Gasteiger charge is 2.31. The van der Waals surface area contributed by atoms with E-state index in [4.69, 9.17) is 0 Å². The summed E-state index contributed by atoms with van der Waals surface area (Å²) in [6.45, 7) is 3.02. The maximum absolute atomic E-state index is 12.0. The Balaban J connectivity index is 1.85. The molecule has 1 aliphatic heterocycles. The van der Waals surface area contributed by atoms with Crippen molar-refractivity contribution in [2.75, 3.05) is 13.1 Å². The molecule has 1 heterocycles. The zero-order valence-corrected chi connectivity index (χ0v) is 10.4. The summed E-state index contributed by atoms with van der Waals surface area (Å²) in [4.78, 5) is 24.7. The first-order valence-corrected chi connectivity index (χ1v) is 6.87. The summed E-state index contributed by atoms with van der Waals surface area (Å²) in [5.41, 5.74) is 0. The van der Waals surface area contributed by atoms with Crippen LogP contribution < -0.4 is 5.32 Å². The van der Waals surface area contributed by atoms with E-state index in [0.29, 0.717) is 18.3 Å². The lowest BCUT2D eigenvalue weighted by Crippen LogP contribution is -2.39. The van der Waals surface area contributed by atoms with E-state index in [2.05, 4.69) is 5.32 Å². The predicted octanol–water partition coefficient (Wildman–Crippen LogP) is 1.60. The van der Waals surface area contributed by atoms with Crippen molar-refractivity contribution in [2.24, 2.45) is 0 Å². The van der Waals surface area contributed by atoms with Crippen LogP contribution in [0.25, 0.3) is 0 Å². The average Bonchev–Trinajstić information content (AvgIpc) is 2.88. The number of imide groups is 1. The molecule has 0 spiro atoms. The molecule has 5 heteroatoms. The van der Waals surface area contributed by atoms with Crippen LogP contribution in [0, 0.1) is 0 Å². The van der Waals surface area contributed by atoms with Crippen LogP contribution in [-0.4, -0.2) is 40.4 Å². The monoisotopic (exact) mass is 242 g/mol. The molecule has 2 aliphatic rings. The van der Waals surface area contributed by atoms with Crippen molar-refractivity contribution in [3.05, 3.63) is 0 Å². The van der Waals surface area contributed by atoms with Crippen LogP contribution in [0.1, 0.15) is 32.6 Å². The molecule has 2 fully saturated rings. The Kier molecular flexibility index (Phi) is 3.74. The molecule has 90 valence electrons. The zero-order chi connectivity index (χ0) is 11.5. The van der Waals surface area contributed by atoms with E-state index in [-0.39, 0.29) is 17.2 Å². The fourth-order valence-corrected chi connectivity index (χ4v) is 3.70. The minimum absolute atomic E-state index is 0.0353. The van der Waals surface area contributed by atoms with Gasteiger partial charge in [-0.2, -0.15) is 0 Å². The summed E-state index contributed by atoms with van der Waals surface area (Å²) in [6.07, 6.45) is 4.99. The number of nitrogens with one attached hydrogen (secondary N) is 1. The largest absolute Gasteiger partial charge is 0.336 e. The summed E-state index contributed by atoms with van der Waals surface area (Å²) >= 11 is 1.73. The van der Waals surface area contributed by atoms with Crippen LogP contribution in [0.2, 0.25) is 0 Å². The molecule has 0 aromatic heterocycles. The highest BCUT2D eigenvalue weighted by atomic mass is 32.2. The normalized spacial score (nSPS) is 23.6. The zero-order valence-electron chi connectivity index (χ0n) is 9.57. The molecule has 3 amide bonds. The number of nitrogens with zero attached hydrogens (tertiary/aromatic N) is 1. The highest BCUT2D eigenvalue weighted by molar-refractivity contribution is 8.01. The van der Waals surface area contributed by atoms with Crippen LogP contribution in [0.4, 0.5) is 4.79 Å². The summed E-state index contributed by atoms with van der Waals surface area (Å²) in [7, 11) is 0. The molecule has 1 unspecified atom stereocenters. The Morgan fingerprint density at radius 2 is 2.19 bits per heavy atom. The number of carbonyl (C=O) groups is 2. The Bertz CT molecular complexity index is 290. The smallest absolute Gasteiger partial charge is 0.324 e. The van der Waals surface area contributed by atoms with Crippen LogP contribution in [0.15, 0.2) is 0 Å². The number of hydrogen-bond donors (Lipinski definition) is 1. The van der Waals surface area contributed by atoms with E-state index in [0.717, 1.165) is 0 Å². The van der Waals surface area contributed by atoms with Crippen molar-refractivity contribution in [2.45, 2.75) is 43.1 Å². The minimum Gasteiger partial charge on any atom is -0.336 e. The molecule has 4 nitrogen and oxygen atoms in total. The van der Waals surface area contributed by atoms with Gasteiger partial charge < -0.3 is 5.32 Å². The number of thioether (sulfide) groups is 1. The van der Waals surface area contributed by atoms with Crippen molar-refractivity contribution in [1.29, 1.82) is 0 Å². The highest BCUT2D eigenvalue weighted by Crippen LogP contribution is 2.32. The fraction of sp³-hybridized carbons (Fsp3) is 0.818. The van der Waals surface area contributed by atoms with Gasteiger partial charge in [-0.05, 0) is 19.8 Å². The molecule has 0 aromatic carbocycles. The molecule has 16 heavy (non-hydrogen) atoms. The van der Waals surface area contributed by atoms with Gasteiger partial charge in [0.25, 0.3) is 0 Å². The lowest BCUT2D eigenvalue weighted by atomic mass is 10.4. The van der Waals surface area contributed by atoms with Gasteiger partial charge >= 0.3 is 6.03 Å². The van der Waals surface area contributed by atoms with Gasteiger partial charge in [-0.25, -0.2) is 4.79 Å². The van der Waals surface area contributed by atoms with Crippen LogP contribution >= 0.6 is 11.8 Å². The van der Waals surface area contributed by atoms with Gasteiger partial charge in [0.15, 0.2) is 0 Å². The Morgan fingerprint density at radius 3 is 2.75 bits per heavy atom. The fourth-order valence-electron chi connectivity index (χ4n) is 2.27. The molecule has 1 atom stereocenters. The van der Waals surface area contributed by atoms with Crippen LogP contribution in [0.5, 0.6) is 0 Å². The standard InChI is InChI=1S/C11H18N2O2S/c1-8(16-9-4-2-3-5-9)10(14)13-7-6-12-11(13)15/h8-9H,2-7H2,1H3,(H,12,15). The maximum Gasteiger partial charge on any atom is 0.324 e. The summed E-state index contributed by atoms with van der Waals surface area (Å²) in [5.74, 6) is -0.0353. The summed E-state index contributed by atoms with van der Waals surface area (Å²) in [5, 5.41) is 3.18. The van der Waals surface area contributed by atoms with Gasteiger partial charge in [0.2, 0.25) is 5.91 Å². The van der Waals surface area contributed by atoms with Gasteiger partial charge in [0.1, 0.15) is 0 Å². The van der Waals surface area contributed by atoms with Gasteiger partial charge in [-0.15, -0.1) is 11.8 Å². The summed E-state index contributed by atoms with van der Waals surface area (Å²) in [6, 6.07) is -0.233. The average molecular weight is 242 g/mol. The number of urea groups is 1. The van der Waals surface area contributed by atoms with Gasteiger partial charge in [0, 0.05) is 18.3 Å². The molecule has 1 N–H and O–H groups in total. The third-order valence-electron chi connectivity index (χ3n) is 3.17. The van der Waals surface area contributed by atoms with Crippen molar-refractivity contribution in [1.82, 2.24) is 10.2 Å². The van der Waals surface area contributed by atoms with Crippen LogP contribution in [-0.2, 0) is 4.79 Å². The first kappa shape index (κ1) is 11.8. The third kappa shape index (κ3) is 2.51. The van der Waals surface area contributed by atoms with E-state index in [1.165, 1.54) is 30.6 Å². The second-order valence-electron chi connectivity index (χ2n) is 4.41. The Morgan fingerprint density at radius 1 is 1.50 bits per heavy atom. The molecular weight excluding hydrogens is 224 g/mol.